The lowest BCUT2D eigenvalue weighted by molar-refractivity contribution is -0.117. The molecule has 0 bridgehead atoms. The molecule has 0 fully saturated rings. The van der Waals surface area contributed by atoms with E-state index < -0.39 is 0 Å². The highest BCUT2D eigenvalue weighted by Gasteiger charge is 2.05. The van der Waals surface area contributed by atoms with E-state index in [1.165, 1.54) is 6.08 Å². The van der Waals surface area contributed by atoms with Gasteiger partial charge < -0.3 is 10.4 Å². The Morgan fingerprint density at radius 3 is 2.82 bits per heavy atom. The molecular weight excluding hydrogens is 282 g/mol. The Morgan fingerprint density at radius 2 is 2.24 bits per heavy atom. The number of nitrogens with one attached hydrogen (secondary N) is 1. The van der Waals surface area contributed by atoms with E-state index in [2.05, 4.69) is 21.2 Å². The van der Waals surface area contributed by atoms with E-state index in [0.29, 0.717) is 6.42 Å². The van der Waals surface area contributed by atoms with Crippen LogP contribution in [0, 0.1) is 0 Å². The lowest BCUT2D eigenvalue weighted by Crippen LogP contribution is -2.35. The minimum absolute atomic E-state index is 0.0366. The Balaban J connectivity index is 2.60. The summed E-state index contributed by atoms with van der Waals surface area (Å²) in [4.78, 5) is 11.5. The molecular formula is C13H16BrNO2. The number of hydrogen-bond acceptors (Lipinski definition) is 2. The lowest BCUT2D eigenvalue weighted by atomic mass is 10.2. The number of carbonyl (C=O) groups is 1. The summed E-state index contributed by atoms with van der Waals surface area (Å²) >= 11 is 3.40. The number of amides is 1. The minimum Gasteiger partial charge on any atom is -0.394 e. The molecule has 0 saturated heterocycles. The summed E-state index contributed by atoms with van der Waals surface area (Å²) in [6, 6.07) is 7.48. The fourth-order valence-electron chi connectivity index (χ4n) is 1.30. The molecule has 0 aliphatic heterocycles. The van der Waals surface area contributed by atoms with Gasteiger partial charge in [-0.25, -0.2) is 0 Å². The highest BCUT2D eigenvalue weighted by atomic mass is 79.9. The molecule has 3 nitrogen and oxygen atoms in total. The molecule has 0 heterocycles. The smallest absolute Gasteiger partial charge is 0.244 e. The van der Waals surface area contributed by atoms with Crippen LogP contribution in [0.15, 0.2) is 34.8 Å². The van der Waals surface area contributed by atoms with Gasteiger partial charge >= 0.3 is 0 Å². The summed E-state index contributed by atoms with van der Waals surface area (Å²) in [6.45, 7) is 1.88. The molecule has 1 amide bonds. The first-order chi connectivity index (χ1) is 8.17. The maximum absolute atomic E-state index is 11.5. The van der Waals surface area contributed by atoms with Crippen LogP contribution in [-0.2, 0) is 4.79 Å². The first-order valence-corrected chi connectivity index (χ1v) is 6.30. The quantitative estimate of drug-likeness (QED) is 0.820. The molecule has 0 spiro atoms. The molecule has 2 N–H and O–H groups in total. The predicted molar refractivity (Wildman–Crippen MR) is 72.5 cm³/mol. The first-order valence-electron chi connectivity index (χ1n) is 5.51. The number of carbonyl (C=O) groups excluding carboxylic acids is 1. The standard InChI is InChI=1S/C13H16BrNO2/c1-2-11(9-16)15-13(17)8-7-10-5-3-4-6-12(10)14/h3-8,11,16H,2,9H2,1H3,(H,15,17)/b8-7+/t11-/m1/s1. The van der Waals surface area contributed by atoms with E-state index in [1.54, 1.807) is 6.08 Å². The molecule has 0 unspecified atom stereocenters. The van der Waals surface area contributed by atoms with Crippen molar-refractivity contribution >= 4 is 27.9 Å². The minimum atomic E-state index is -0.193. The Kier molecular flexibility index (Phi) is 5.94. The van der Waals surface area contributed by atoms with Crippen LogP contribution in [0.25, 0.3) is 6.08 Å². The number of benzene rings is 1. The van der Waals surface area contributed by atoms with Crippen LogP contribution >= 0.6 is 15.9 Å². The van der Waals surface area contributed by atoms with Crippen molar-refractivity contribution in [2.24, 2.45) is 0 Å². The SMILES string of the molecule is CC[C@H](CO)NC(=O)/C=C/c1ccccc1Br. The molecule has 1 aromatic carbocycles. The van der Waals surface area contributed by atoms with Crippen LogP contribution < -0.4 is 5.32 Å². The van der Waals surface area contributed by atoms with Crippen molar-refractivity contribution in [3.63, 3.8) is 0 Å². The van der Waals surface area contributed by atoms with Gasteiger partial charge in [0.2, 0.25) is 5.91 Å². The molecule has 4 heteroatoms. The monoisotopic (exact) mass is 297 g/mol. The van der Waals surface area contributed by atoms with Gasteiger partial charge in [-0.05, 0) is 24.1 Å². The van der Waals surface area contributed by atoms with Crippen LogP contribution in [0.2, 0.25) is 0 Å². The lowest BCUT2D eigenvalue weighted by Gasteiger charge is -2.11. The Hall–Kier alpha value is -1.13. The molecule has 0 radical (unpaired) electrons. The van der Waals surface area contributed by atoms with Crippen LogP contribution in [0.5, 0.6) is 0 Å². The molecule has 1 atom stereocenters. The molecule has 17 heavy (non-hydrogen) atoms. The Labute approximate surface area is 110 Å². The zero-order chi connectivity index (χ0) is 12.7. The summed E-state index contributed by atoms with van der Waals surface area (Å²) in [5, 5.41) is 11.7. The van der Waals surface area contributed by atoms with Crippen LogP contribution in [0.4, 0.5) is 0 Å². The van der Waals surface area contributed by atoms with Crippen molar-refractivity contribution in [1.82, 2.24) is 5.32 Å². The summed E-state index contributed by atoms with van der Waals surface area (Å²) in [5.41, 5.74) is 0.944. The number of hydrogen-bond donors (Lipinski definition) is 2. The van der Waals surface area contributed by atoms with Gasteiger partial charge in [-0.2, -0.15) is 0 Å². The van der Waals surface area contributed by atoms with E-state index in [9.17, 15) is 4.79 Å². The first kappa shape index (κ1) is 13.9. The number of rotatable bonds is 5. The van der Waals surface area contributed by atoms with E-state index >= 15 is 0 Å². The van der Waals surface area contributed by atoms with Crippen molar-refractivity contribution in [3.05, 3.63) is 40.4 Å². The van der Waals surface area contributed by atoms with Gasteiger partial charge in [-0.1, -0.05) is 41.1 Å². The zero-order valence-electron chi connectivity index (χ0n) is 9.69. The molecule has 0 aliphatic carbocycles. The van der Waals surface area contributed by atoms with E-state index in [4.69, 9.17) is 5.11 Å². The molecule has 0 aromatic heterocycles. The van der Waals surface area contributed by atoms with Gasteiger partial charge in [-0.3, -0.25) is 4.79 Å². The van der Waals surface area contributed by atoms with E-state index in [0.717, 1.165) is 10.0 Å². The van der Waals surface area contributed by atoms with Gasteiger partial charge in [0.25, 0.3) is 0 Å². The molecule has 1 rings (SSSR count). The maximum Gasteiger partial charge on any atom is 0.244 e. The largest absolute Gasteiger partial charge is 0.394 e. The molecule has 92 valence electrons. The van der Waals surface area contributed by atoms with Gasteiger partial charge in [-0.15, -0.1) is 0 Å². The predicted octanol–water partition coefficient (Wildman–Crippen LogP) is 2.35. The summed E-state index contributed by atoms with van der Waals surface area (Å²) in [6.07, 6.45) is 3.92. The third-order valence-electron chi connectivity index (χ3n) is 2.38. The second-order valence-electron chi connectivity index (χ2n) is 3.65. The van der Waals surface area contributed by atoms with E-state index in [1.807, 2.05) is 31.2 Å². The second-order valence-corrected chi connectivity index (χ2v) is 4.51. The summed E-state index contributed by atoms with van der Waals surface area (Å²) in [5.74, 6) is -0.193. The topological polar surface area (TPSA) is 49.3 Å². The zero-order valence-corrected chi connectivity index (χ0v) is 11.3. The van der Waals surface area contributed by atoms with Gasteiger partial charge in [0.05, 0.1) is 12.6 Å². The summed E-state index contributed by atoms with van der Waals surface area (Å²) < 4.78 is 0.943. The number of aliphatic hydroxyl groups excluding tert-OH is 1. The molecule has 0 saturated carbocycles. The van der Waals surface area contributed by atoms with Gasteiger partial charge in [0, 0.05) is 10.5 Å². The van der Waals surface area contributed by atoms with Crippen molar-refractivity contribution in [3.8, 4) is 0 Å². The molecule has 0 aliphatic rings. The third-order valence-corrected chi connectivity index (χ3v) is 3.10. The van der Waals surface area contributed by atoms with Crippen LogP contribution in [-0.4, -0.2) is 23.7 Å². The third kappa shape index (κ3) is 4.71. The molecule has 1 aromatic rings. The maximum atomic E-state index is 11.5. The average Bonchev–Trinajstić information content (AvgIpc) is 2.35. The second kappa shape index (κ2) is 7.25. The average molecular weight is 298 g/mol. The van der Waals surface area contributed by atoms with Crippen molar-refractivity contribution < 1.29 is 9.90 Å². The van der Waals surface area contributed by atoms with Crippen molar-refractivity contribution in [2.75, 3.05) is 6.61 Å². The van der Waals surface area contributed by atoms with Gasteiger partial charge in [0.1, 0.15) is 0 Å². The fourth-order valence-corrected chi connectivity index (χ4v) is 1.72. The fraction of sp³-hybridized carbons (Fsp3) is 0.308. The van der Waals surface area contributed by atoms with Gasteiger partial charge in [0.15, 0.2) is 0 Å². The highest BCUT2D eigenvalue weighted by molar-refractivity contribution is 9.10. The van der Waals surface area contributed by atoms with Crippen molar-refractivity contribution in [2.45, 2.75) is 19.4 Å². The highest BCUT2D eigenvalue weighted by Crippen LogP contribution is 2.16. The van der Waals surface area contributed by atoms with E-state index in [-0.39, 0.29) is 18.6 Å². The number of aliphatic hydroxyl groups is 1. The normalized spacial score (nSPS) is 12.6. The van der Waals surface area contributed by atoms with Crippen molar-refractivity contribution in [1.29, 1.82) is 0 Å². The number of halogens is 1. The van der Waals surface area contributed by atoms with Crippen LogP contribution in [0.1, 0.15) is 18.9 Å². The Bertz CT molecular complexity index is 400. The summed E-state index contributed by atoms with van der Waals surface area (Å²) in [7, 11) is 0. The van der Waals surface area contributed by atoms with Crippen LogP contribution in [0.3, 0.4) is 0 Å². The Morgan fingerprint density at radius 1 is 1.53 bits per heavy atom.